The first-order valence-corrected chi connectivity index (χ1v) is 5.16. The highest BCUT2D eigenvalue weighted by Gasteiger charge is 2.06. The predicted octanol–water partition coefficient (Wildman–Crippen LogP) is 0.00252. The molecule has 0 aromatic carbocycles. The van der Waals surface area contributed by atoms with Crippen LogP contribution in [0.5, 0.6) is 0 Å². The van der Waals surface area contributed by atoms with Crippen molar-refractivity contribution in [1.82, 2.24) is 24.5 Å². The fraction of sp³-hybridized carbons (Fsp3) is 0.333. The van der Waals surface area contributed by atoms with Gasteiger partial charge in [0.1, 0.15) is 11.3 Å². The smallest absolute Gasteiger partial charge is 0.208 e. The van der Waals surface area contributed by atoms with Gasteiger partial charge in [0, 0.05) is 7.05 Å². The fourth-order valence-corrected chi connectivity index (χ4v) is 1.56. The second-order valence-electron chi connectivity index (χ2n) is 3.53. The molecule has 2 aromatic heterocycles. The monoisotopic (exact) mass is 236 g/mol. The second kappa shape index (κ2) is 4.01. The first-order chi connectivity index (χ1) is 7.56. The van der Waals surface area contributed by atoms with Crippen molar-refractivity contribution in [3.05, 3.63) is 29.6 Å². The van der Waals surface area contributed by atoms with Crippen molar-refractivity contribution < 1.29 is 0 Å². The molecule has 0 fully saturated rings. The van der Waals surface area contributed by atoms with Crippen molar-refractivity contribution in [2.75, 3.05) is 0 Å². The van der Waals surface area contributed by atoms with Gasteiger partial charge in [-0.05, 0) is 13.0 Å². The summed E-state index contributed by atoms with van der Waals surface area (Å²) in [6.07, 6.45) is 1.61. The Morgan fingerprint density at radius 2 is 2.25 bits per heavy atom. The van der Waals surface area contributed by atoms with Gasteiger partial charge in [0.05, 0.1) is 17.9 Å². The van der Waals surface area contributed by atoms with E-state index in [1.54, 1.807) is 11.0 Å². The van der Waals surface area contributed by atoms with Crippen molar-refractivity contribution in [3.8, 4) is 0 Å². The van der Waals surface area contributed by atoms with Gasteiger partial charge in [0.2, 0.25) is 5.82 Å². The average molecular weight is 236 g/mol. The molecule has 0 aliphatic rings. The van der Waals surface area contributed by atoms with E-state index in [4.69, 9.17) is 18.0 Å². The Balaban J connectivity index is 2.20. The van der Waals surface area contributed by atoms with Crippen LogP contribution in [0.25, 0.3) is 0 Å². The van der Waals surface area contributed by atoms with Gasteiger partial charge < -0.3 is 5.73 Å². The summed E-state index contributed by atoms with van der Waals surface area (Å²) in [6, 6.07) is 2.00. The zero-order chi connectivity index (χ0) is 11.7. The van der Waals surface area contributed by atoms with Gasteiger partial charge in [-0.3, -0.25) is 4.68 Å². The maximum Gasteiger partial charge on any atom is 0.208 e. The van der Waals surface area contributed by atoms with E-state index in [1.165, 1.54) is 0 Å². The van der Waals surface area contributed by atoms with Gasteiger partial charge in [0.25, 0.3) is 0 Å². The third-order valence-corrected chi connectivity index (χ3v) is 2.36. The molecule has 0 saturated heterocycles. The molecule has 0 saturated carbocycles. The molecule has 2 heterocycles. The maximum atomic E-state index is 5.43. The first kappa shape index (κ1) is 10.7. The highest BCUT2D eigenvalue weighted by molar-refractivity contribution is 7.80. The van der Waals surface area contributed by atoms with Crippen LogP contribution in [0.3, 0.4) is 0 Å². The minimum absolute atomic E-state index is 0.208. The lowest BCUT2D eigenvalue weighted by atomic mass is 10.4. The highest BCUT2D eigenvalue weighted by Crippen LogP contribution is 2.03. The lowest BCUT2D eigenvalue weighted by molar-refractivity contribution is 0.617. The van der Waals surface area contributed by atoms with Crippen LogP contribution in [0.4, 0.5) is 0 Å². The van der Waals surface area contributed by atoms with Crippen LogP contribution in [0.2, 0.25) is 0 Å². The highest BCUT2D eigenvalue weighted by atomic mass is 32.1. The number of thiocarbonyl (C=S) groups is 1. The summed E-state index contributed by atoms with van der Waals surface area (Å²) in [5, 5.41) is 8.41. The van der Waals surface area contributed by atoms with Gasteiger partial charge in [-0.1, -0.05) is 12.2 Å². The van der Waals surface area contributed by atoms with E-state index in [2.05, 4.69) is 15.2 Å². The molecule has 0 bridgehead atoms. The molecule has 2 aromatic rings. The van der Waals surface area contributed by atoms with E-state index in [9.17, 15) is 0 Å². The van der Waals surface area contributed by atoms with E-state index < -0.39 is 0 Å². The van der Waals surface area contributed by atoms with Crippen LogP contribution in [0.15, 0.2) is 12.4 Å². The van der Waals surface area contributed by atoms with Crippen LogP contribution >= 0.6 is 12.2 Å². The fourth-order valence-electron chi connectivity index (χ4n) is 1.46. The third kappa shape index (κ3) is 2.08. The molecule has 16 heavy (non-hydrogen) atoms. The van der Waals surface area contributed by atoms with Crippen LogP contribution in [0, 0.1) is 6.92 Å². The third-order valence-electron chi connectivity index (χ3n) is 2.18. The average Bonchev–Trinajstić information content (AvgIpc) is 2.75. The normalized spacial score (nSPS) is 10.6. The largest absolute Gasteiger partial charge is 0.387 e. The van der Waals surface area contributed by atoms with Crippen molar-refractivity contribution in [1.29, 1.82) is 0 Å². The van der Waals surface area contributed by atoms with Crippen molar-refractivity contribution in [2.45, 2.75) is 13.5 Å². The molecule has 6 nitrogen and oxygen atoms in total. The summed E-state index contributed by atoms with van der Waals surface area (Å²) < 4.78 is 3.50. The molecule has 2 N–H and O–H groups in total. The standard InChI is InChI=1S/C9H12N6S/c1-6-3-7(14(2)12-6)4-15-5-11-9(13-15)8(10)16/h3,5H,4H2,1-2H3,(H2,10,16). The minimum atomic E-state index is 0.208. The lowest BCUT2D eigenvalue weighted by Crippen LogP contribution is -2.13. The Kier molecular flexibility index (Phi) is 2.69. The van der Waals surface area contributed by atoms with Crippen molar-refractivity contribution in [3.63, 3.8) is 0 Å². The zero-order valence-corrected chi connectivity index (χ0v) is 9.90. The molecule has 7 heteroatoms. The lowest BCUT2D eigenvalue weighted by Gasteiger charge is -2.00. The number of nitrogens with two attached hydrogens (primary N) is 1. The molecule has 0 unspecified atom stereocenters. The number of nitrogens with zero attached hydrogens (tertiary/aromatic N) is 5. The van der Waals surface area contributed by atoms with Crippen molar-refractivity contribution in [2.24, 2.45) is 12.8 Å². The van der Waals surface area contributed by atoms with E-state index in [0.717, 1.165) is 11.4 Å². The van der Waals surface area contributed by atoms with Gasteiger partial charge in [-0.2, -0.15) is 5.10 Å². The van der Waals surface area contributed by atoms with E-state index in [0.29, 0.717) is 12.4 Å². The van der Waals surface area contributed by atoms with Crippen LogP contribution in [0.1, 0.15) is 17.2 Å². The molecular weight excluding hydrogens is 224 g/mol. The topological polar surface area (TPSA) is 74.6 Å². The summed E-state index contributed by atoms with van der Waals surface area (Å²) in [4.78, 5) is 4.21. The molecule has 0 aliphatic carbocycles. The van der Waals surface area contributed by atoms with Gasteiger partial charge >= 0.3 is 0 Å². The SMILES string of the molecule is Cc1cc(Cn2cnc(C(N)=S)n2)n(C)n1. The summed E-state index contributed by atoms with van der Waals surface area (Å²) in [5.41, 5.74) is 7.46. The summed E-state index contributed by atoms with van der Waals surface area (Å²) in [7, 11) is 1.90. The summed E-state index contributed by atoms with van der Waals surface area (Å²) >= 11 is 4.79. The molecule has 0 radical (unpaired) electrons. The molecule has 2 rings (SSSR count). The molecule has 0 spiro atoms. The van der Waals surface area contributed by atoms with Gasteiger partial charge in [-0.15, -0.1) is 5.10 Å². The number of aromatic nitrogens is 5. The van der Waals surface area contributed by atoms with Crippen LogP contribution < -0.4 is 5.73 Å². The first-order valence-electron chi connectivity index (χ1n) is 4.75. The number of rotatable bonds is 3. The van der Waals surface area contributed by atoms with Crippen molar-refractivity contribution >= 4 is 17.2 Å². The summed E-state index contributed by atoms with van der Waals surface area (Å²) in [5.74, 6) is 0.397. The number of hydrogen-bond donors (Lipinski definition) is 1. The minimum Gasteiger partial charge on any atom is -0.387 e. The Hall–Kier alpha value is -1.76. The Labute approximate surface area is 98.1 Å². The number of aryl methyl sites for hydroxylation is 2. The van der Waals surface area contributed by atoms with Crippen LogP contribution in [-0.2, 0) is 13.6 Å². The maximum absolute atomic E-state index is 5.43. The van der Waals surface area contributed by atoms with Gasteiger partial charge in [-0.25, -0.2) is 9.67 Å². The molecular formula is C9H12N6S. The zero-order valence-electron chi connectivity index (χ0n) is 9.08. The molecule has 0 amide bonds. The molecule has 0 aliphatic heterocycles. The Morgan fingerprint density at radius 1 is 1.50 bits per heavy atom. The quantitative estimate of drug-likeness (QED) is 0.759. The molecule has 84 valence electrons. The number of hydrogen-bond acceptors (Lipinski definition) is 4. The Bertz CT molecular complexity index is 526. The van der Waals surface area contributed by atoms with E-state index in [-0.39, 0.29) is 4.99 Å². The van der Waals surface area contributed by atoms with Gasteiger partial charge in [0.15, 0.2) is 0 Å². The Morgan fingerprint density at radius 3 is 2.75 bits per heavy atom. The molecule has 0 atom stereocenters. The predicted molar refractivity (Wildman–Crippen MR) is 63.0 cm³/mol. The van der Waals surface area contributed by atoms with E-state index >= 15 is 0 Å². The second-order valence-corrected chi connectivity index (χ2v) is 3.97. The van der Waals surface area contributed by atoms with Crippen LogP contribution in [-0.4, -0.2) is 29.5 Å². The summed E-state index contributed by atoms with van der Waals surface area (Å²) in [6.45, 7) is 2.55. The van der Waals surface area contributed by atoms with E-state index in [1.807, 2.05) is 24.7 Å².